The van der Waals surface area contributed by atoms with Crippen molar-refractivity contribution in [3.63, 3.8) is 0 Å². The van der Waals surface area contributed by atoms with Gasteiger partial charge in [-0.05, 0) is 43.9 Å². The fourth-order valence-electron chi connectivity index (χ4n) is 2.17. The van der Waals surface area contributed by atoms with Crippen molar-refractivity contribution in [1.82, 2.24) is 4.72 Å². The van der Waals surface area contributed by atoms with E-state index in [1.807, 2.05) is 13.8 Å². The molecule has 2 N–H and O–H groups in total. The van der Waals surface area contributed by atoms with Gasteiger partial charge in [0.2, 0.25) is 10.0 Å². The van der Waals surface area contributed by atoms with Crippen LogP contribution in [-0.2, 0) is 10.0 Å². The van der Waals surface area contributed by atoms with Crippen LogP contribution in [-0.4, -0.2) is 31.9 Å². The van der Waals surface area contributed by atoms with Crippen LogP contribution in [0.25, 0.3) is 0 Å². The number of nitrogens with one attached hydrogen (secondary N) is 1. The zero-order valence-electron chi connectivity index (χ0n) is 10.9. The van der Waals surface area contributed by atoms with Gasteiger partial charge >= 0.3 is 0 Å². The molecule has 0 unspecified atom stereocenters. The van der Waals surface area contributed by atoms with Crippen LogP contribution in [0.3, 0.4) is 0 Å². The molecule has 0 aliphatic heterocycles. The van der Waals surface area contributed by atoms with Crippen LogP contribution in [0.4, 0.5) is 0 Å². The molecule has 1 fully saturated rings. The number of rotatable bonds is 6. The Hall–Kier alpha value is -0.130. The van der Waals surface area contributed by atoms with Crippen LogP contribution in [0.1, 0.15) is 46.0 Å². The van der Waals surface area contributed by atoms with E-state index in [-0.39, 0.29) is 18.4 Å². The van der Waals surface area contributed by atoms with Crippen molar-refractivity contribution in [2.45, 2.75) is 52.0 Å². The quantitative estimate of drug-likeness (QED) is 0.763. The normalized spacial score (nSPS) is 26.4. The average Bonchev–Trinajstić information content (AvgIpc) is 2.27. The average molecular weight is 263 g/mol. The Morgan fingerprint density at radius 1 is 1.24 bits per heavy atom. The van der Waals surface area contributed by atoms with Crippen molar-refractivity contribution in [3.05, 3.63) is 0 Å². The summed E-state index contributed by atoms with van der Waals surface area (Å²) in [5.41, 5.74) is 0. The molecule has 1 saturated carbocycles. The Balaban J connectivity index is 2.33. The second-order valence-electron chi connectivity index (χ2n) is 5.52. The predicted octanol–water partition coefficient (Wildman–Crippen LogP) is 1.50. The van der Waals surface area contributed by atoms with Crippen LogP contribution < -0.4 is 4.72 Å². The molecule has 0 heterocycles. The van der Waals surface area contributed by atoms with E-state index in [0.29, 0.717) is 18.3 Å². The molecule has 0 amide bonds. The SMILES string of the molecule is CC(C)CCS(=O)(=O)NC1CCC(CO)CC1. The van der Waals surface area contributed by atoms with Gasteiger partial charge in [0.25, 0.3) is 0 Å². The molecule has 0 spiro atoms. The van der Waals surface area contributed by atoms with Crippen molar-refractivity contribution in [3.8, 4) is 0 Å². The Kier molecular flexibility index (Phi) is 5.89. The highest BCUT2D eigenvalue weighted by atomic mass is 32.2. The fourth-order valence-corrected chi connectivity index (χ4v) is 3.81. The Morgan fingerprint density at radius 3 is 2.29 bits per heavy atom. The first-order chi connectivity index (χ1) is 7.93. The van der Waals surface area contributed by atoms with Gasteiger partial charge in [0.15, 0.2) is 0 Å². The number of hydrogen-bond donors (Lipinski definition) is 2. The number of sulfonamides is 1. The third-order valence-electron chi connectivity index (χ3n) is 3.42. The smallest absolute Gasteiger partial charge is 0.211 e. The van der Waals surface area contributed by atoms with Crippen LogP contribution in [0.15, 0.2) is 0 Å². The highest BCUT2D eigenvalue weighted by molar-refractivity contribution is 7.89. The van der Waals surface area contributed by atoms with Gasteiger partial charge in [0.05, 0.1) is 5.75 Å². The van der Waals surface area contributed by atoms with Gasteiger partial charge in [-0.15, -0.1) is 0 Å². The molecule has 1 rings (SSSR count). The number of hydrogen-bond acceptors (Lipinski definition) is 3. The van der Waals surface area contributed by atoms with E-state index in [1.54, 1.807) is 0 Å². The summed E-state index contributed by atoms with van der Waals surface area (Å²) in [4.78, 5) is 0. The van der Waals surface area contributed by atoms with Crippen LogP contribution in [0.2, 0.25) is 0 Å². The third-order valence-corrected chi connectivity index (χ3v) is 4.88. The van der Waals surface area contributed by atoms with Gasteiger partial charge < -0.3 is 5.11 Å². The molecule has 0 aromatic heterocycles. The highest BCUT2D eigenvalue weighted by Gasteiger charge is 2.24. The van der Waals surface area contributed by atoms with Crippen molar-refractivity contribution in [2.24, 2.45) is 11.8 Å². The highest BCUT2D eigenvalue weighted by Crippen LogP contribution is 2.24. The van der Waals surface area contributed by atoms with E-state index in [1.165, 1.54) is 0 Å². The predicted molar refractivity (Wildman–Crippen MR) is 69.2 cm³/mol. The molecule has 0 bridgehead atoms. The molecule has 1 aliphatic rings. The topological polar surface area (TPSA) is 66.4 Å². The molecule has 0 atom stereocenters. The Bertz CT molecular complexity index is 306. The zero-order chi connectivity index (χ0) is 12.9. The van der Waals surface area contributed by atoms with Gasteiger partial charge in [0.1, 0.15) is 0 Å². The van der Waals surface area contributed by atoms with E-state index < -0.39 is 10.0 Å². The summed E-state index contributed by atoms with van der Waals surface area (Å²) < 4.78 is 26.4. The van der Waals surface area contributed by atoms with Gasteiger partial charge in [-0.1, -0.05) is 13.8 Å². The minimum atomic E-state index is -3.11. The Morgan fingerprint density at radius 2 is 1.82 bits per heavy atom. The molecular formula is C12H25NO3S. The lowest BCUT2D eigenvalue weighted by atomic mass is 9.87. The second-order valence-corrected chi connectivity index (χ2v) is 7.39. The maximum absolute atomic E-state index is 11.8. The van der Waals surface area contributed by atoms with Gasteiger partial charge in [-0.2, -0.15) is 0 Å². The van der Waals surface area contributed by atoms with E-state index in [4.69, 9.17) is 5.11 Å². The summed E-state index contributed by atoms with van der Waals surface area (Å²) in [5.74, 6) is 1.01. The molecule has 1 aliphatic carbocycles. The van der Waals surface area contributed by atoms with Crippen LogP contribution in [0.5, 0.6) is 0 Å². The van der Waals surface area contributed by atoms with E-state index in [9.17, 15) is 8.42 Å². The largest absolute Gasteiger partial charge is 0.396 e. The molecular weight excluding hydrogens is 238 g/mol. The van der Waals surface area contributed by atoms with Crippen molar-refractivity contribution in [1.29, 1.82) is 0 Å². The maximum Gasteiger partial charge on any atom is 0.211 e. The maximum atomic E-state index is 11.8. The minimum absolute atomic E-state index is 0.0787. The molecule has 17 heavy (non-hydrogen) atoms. The molecule has 0 aromatic rings. The summed E-state index contributed by atoms with van der Waals surface area (Å²) in [6, 6.07) is 0.0787. The lowest BCUT2D eigenvalue weighted by molar-refractivity contribution is 0.180. The summed E-state index contributed by atoms with van der Waals surface area (Å²) in [6.07, 6.45) is 4.27. The summed E-state index contributed by atoms with van der Waals surface area (Å²) in [7, 11) is -3.11. The molecule has 0 saturated heterocycles. The zero-order valence-corrected chi connectivity index (χ0v) is 11.7. The monoisotopic (exact) mass is 263 g/mol. The summed E-state index contributed by atoms with van der Waals surface area (Å²) in [6.45, 7) is 4.29. The lowest BCUT2D eigenvalue weighted by Gasteiger charge is -2.27. The first-order valence-electron chi connectivity index (χ1n) is 6.54. The molecule has 102 valence electrons. The molecule has 0 aromatic carbocycles. The summed E-state index contributed by atoms with van der Waals surface area (Å²) >= 11 is 0. The van der Waals surface area contributed by atoms with Crippen molar-refractivity contribution >= 4 is 10.0 Å². The molecule has 5 heteroatoms. The first kappa shape index (κ1) is 14.9. The van der Waals surface area contributed by atoms with Crippen molar-refractivity contribution < 1.29 is 13.5 Å². The minimum Gasteiger partial charge on any atom is -0.396 e. The number of aliphatic hydroxyl groups excluding tert-OH is 1. The van der Waals surface area contributed by atoms with E-state index >= 15 is 0 Å². The molecule has 0 radical (unpaired) electrons. The second kappa shape index (κ2) is 6.71. The standard InChI is InChI=1S/C12H25NO3S/c1-10(2)7-8-17(15,16)13-12-5-3-11(9-14)4-6-12/h10-14H,3-9H2,1-2H3. The lowest BCUT2D eigenvalue weighted by Crippen LogP contribution is -2.39. The van der Waals surface area contributed by atoms with Crippen LogP contribution in [0, 0.1) is 11.8 Å². The molecule has 4 nitrogen and oxygen atoms in total. The fraction of sp³-hybridized carbons (Fsp3) is 1.00. The van der Waals surface area contributed by atoms with Gasteiger partial charge in [-0.3, -0.25) is 0 Å². The van der Waals surface area contributed by atoms with E-state index in [2.05, 4.69) is 4.72 Å². The summed E-state index contributed by atoms with van der Waals surface area (Å²) in [5, 5.41) is 9.02. The van der Waals surface area contributed by atoms with Gasteiger partial charge in [-0.25, -0.2) is 13.1 Å². The van der Waals surface area contributed by atoms with E-state index in [0.717, 1.165) is 25.7 Å². The first-order valence-corrected chi connectivity index (χ1v) is 8.19. The van der Waals surface area contributed by atoms with Crippen LogP contribution >= 0.6 is 0 Å². The number of aliphatic hydroxyl groups is 1. The van der Waals surface area contributed by atoms with Gasteiger partial charge in [0, 0.05) is 12.6 Å². The Labute approximate surface area is 105 Å². The third kappa shape index (κ3) is 5.84. The van der Waals surface area contributed by atoms with Crippen molar-refractivity contribution in [2.75, 3.05) is 12.4 Å².